The largest absolute Gasteiger partial charge is 0.387 e. The molecule has 0 spiro atoms. The number of rotatable bonds is 8. The zero-order chi connectivity index (χ0) is 14.4. The Morgan fingerprint density at radius 2 is 1.90 bits per heavy atom. The first-order chi connectivity index (χ1) is 9.72. The minimum atomic E-state index is -0.356. The molecule has 112 valence electrons. The number of aliphatic hydroxyl groups is 1. The van der Waals surface area contributed by atoms with E-state index in [1.54, 1.807) is 0 Å². The van der Waals surface area contributed by atoms with E-state index in [0.29, 0.717) is 0 Å². The second-order valence-electron chi connectivity index (χ2n) is 6.16. The van der Waals surface area contributed by atoms with Crippen LogP contribution in [-0.4, -0.2) is 29.6 Å². The summed E-state index contributed by atoms with van der Waals surface area (Å²) in [5, 5.41) is 10.4. The van der Waals surface area contributed by atoms with E-state index in [9.17, 15) is 5.11 Å². The number of hydrogen-bond acceptors (Lipinski definition) is 2. The molecule has 1 N–H and O–H groups in total. The highest BCUT2D eigenvalue weighted by atomic mass is 16.3. The average molecular weight is 275 g/mol. The van der Waals surface area contributed by atoms with Crippen molar-refractivity contribution in [2.75, 3.05) is 19.6 Å². The molecule has 0 saturated heterocycles. The summed E-state index contributed by atoms with van der Waals surface area (Å²) >= 11 is 0. The van der Waals surface area contributed by atoms with E-state index in [-0.39, 0.29) is 6.10 Å². The van der Waals surface area contributed by atoms with Crippen molar-refractivity contribution in [1.29, 1.82) is 0 Å². The molecule has 1 unspecified atom stereocenters. The fourth-order valence-electron chi connectivity index (χ4n) is 2.92. The van der Waals surface area contributed by atoms with Gasteiger partial charge in [-0.25, -0.2) is 0 Å². The molecule has 0 bridgehead atoms. The molecule has 1 atom stereocenters. The highest BCUT2D eigenvalue weighted by molar-refractivity contribution is 5.24. The maximum atomic E-state index is 10.4. The summed E-state index contributed by atoms with van der Waals surface area (Å²) in [5.74, 6) is 0.870. The summed E-state index contributed by atoms with van der Waals surface area (Å²) in [6.45, 7) is 7.33. The first-order valence-electron chi connectivity index (χ1n) is 8.22. The van der Waals surface area contributed by atoms with Gasteiger partial charge >= 0.3 is 0 Å². The molecule has 2 rings (SSSR count). The molecule has 0 aliphatic heterocycles. The zero-order valence-electron chi connectivity index (χ0n) is 13.0. The molecule has 1 aliphatic carbocycles. The van der Waals surface area contributed by atoms with E-state index in [4.69, 9.17) is 0 Å². The van der Waals surface area contributed by atoms with Crippen LogP contribution in [0.1, 0.15) is 56.8 Å². The van der Waals surface area contributed by atoms with E-state index in [1.165, 1.54) is 31.2 Å². The summed E-state index contributed by atoms with van der Waals surface area (Å²) in [6, 6.07) is 8.49. The third-order valence-electron chi connectivity index (χ3n) is 4.52. The van der Waals surface area contributed by atoms with E-state index in [2.05, 4.69) is 43.0 Å². The number of likely N-dealkylation sites (N-methyl/N-ethyl adjacent to an activating group) is 1. The molecule has 1 aromatic carbocycles. The number of aryl methyl sites for hydroxylation is 1. The molecule has 0 heterocycles. The van der Waals surface area contributed by atoms with Crippen LogP contribution >= 0.6 is 0 Å². The smallest absolute Gasteiger partial charge is 0.0916 e. The van der Waals surface area contributed by atoms with Crippen molar-refractivity contribution < 1.29 is 5.11 Å². The van der Waals surface area contributed by atoms with E-state index in [0.717, 1.165) is 37.5 Å². The van der Waals surface area contributed by atoms with Crippen LogP contribution in [0.3, 0.4) is 0 Å². The van der Waals surface area contributed by atoms with E-state index < -0.39 is 0 Å². The van der Waals surface area contributed by atoms with Gasteiger partial charge in [-0.15, -0.1) is 0 Å². The Morgan fingerprint density at radius 3 is 2.40 bits per heavy atom. The van der Waals surface area contributed by atoms with Crippen molar-refractivity contribution in [2.45, 2.75) is 52.1 Å². The van der Waals surface area contributed by atoms with Gasteiger partial charge < -0.3 is 10.0 Å². The Balaban J connectivity index is 1.86. The van der Waals surface area contributed by atoms with Crippen LogP contribution in [0.25, 0.3) is 0 Å². The van der Waals surface area contributed by atoms with Crippen molar-refractivity contribution in [3.05, 3.63) is 35.4 Å². The number of nitrogens with zero attached hydrogens (tertiary/aromatic N) is 1. The Kier molecular flexibility index (Phi) is 6.06. The highest BCUT2D eigenvalue weighted by Gasteiger charge is 2.21. The molecular weight excluding hydrogens is 246 g/mol. The molecule has 1 fully saturated rings. The lowest BCUT2D eigenvalue weighted by molar-refractivity contribution is 0.0941. The molecular formula is C18H29NO. The van der Waals surface area contributed by atoms with Crippen molar-refractivity contribution >= 4 is 0 Å². The lowest BCUT2D eigenvalue weighted by Crippen LogP contribution is -2.35. The van der Waals surface area contributed by atoms with Crippen LogP contribution in [0.4, 0.5) is 0 Å². The van der Waals surface area contributed by atoms with Gasteiger partial charge in [0.15, 0.2) is 0 Å². The Bertz CT molecular complexity index is 383. The summed E-state index contributed by atoms with van der Waals surface area (Å²) in [7, 11) is 0. The van der Waals surface area contributed by atoms with Gasteiger partial charge in [0.2, 0.25) is 0 Å². The van der Waals surface area contributed by atoms with Gasteiger partial charge in [-0.1, -0.05) is 51.0 Å². The minimum Gasteiger partial charge on any atom is -0.387 e. The maximum absolute atomic E-state index is 10.4. The molecule has 0 aromatic heterocycles. The van der Waals surface area contributed by atoms with E-state index >= 15 is 0 Å². The second-order valence-corrected chi connectivity index (χ2v) is 6.16. The summed E-state index contributed by atoms with van der Waals surface area (Å²) < 4.78 is 0. The fraction of sp³-hybridized carbons (Fsp3) is 0.667. The number of aliphatic hydroxyl groups excluding tert-OH is 1. The van der Waals surface area contributed by atoms with Crippen molar-refractivity contribution in [2.24, 2.45) is 5.92 Å². The van der Waals surface area contributed by atoms with Gasteiger partial charge in [0.05, 0.1) is 6.10 Å². The molecule has 20 heavy (non-hydrogen) atoms. The van der Waals surface area contributed by atoms with Gasteiger partial charge in [-0.3, -0.25) is 0 Å². The summed E-state index contributed by atoms with van der Waals surface area (Å²) in [5.41, 5.74) is 2.42. The predicted molar refractivity (Wildman–Crippen MR) is 84.9 cm³/mol. The van der Waals surface area contributed by atoms with Crippen molar-refractivity contribution in [3.8, 4) is 0 Å². The monoisotopic (exact) mass is 275 g/mol. The SMILES string of the molecule is CCCc1ccc(C(O)CN(CC)CC2CCC2)cc1. The van der Waals surface area contributed by atoms with Gasteiger partial charge in [-0.05, 0) is 42.9 Å². The first-order valence-corrected chi connectivity index (χ1v) is 8.22. The quantitative estimate of drug-likeness (QED) is 0.780. The Morgan fingerprint density at radius 1 is 1.20 bits per heavy atom. The Hall–Kier alpha value is -0.860. The molecule has 2 nitrogen and oxygen atoms in total. The van der Waals surface area contributed by atoms with Gasteiger partial charge in [0.25, 0.3) is 0 Å². The minimum absolute atomic E-state index is 0.356. The zero-order valence-corrected chi connectivity index (χ0v) is 13.0. The van der Waals surface area contributed by atoms with Crippen molar-refractivity contribution in [1.82, 2.24) is 4.90 Å². The first kappa shape index (κ1) is 15.5. The molecule has 0 amide bonds. The van der Waals surface area contributed by atoms with Crippen LogP contribution in [-0.2, 0) is 6.42 Å². The number of hydrogen-bond donors (Lipinski definition) is 1. The number of benzene rings is 1. The Labute approximate surface area is 123 Å². The third kappa shape index (κ3) is 4.32. The third-order valence-corrected chi connectivity index (χ3v) is 4.52. The molecule has 0 radical (unpaired) electrons. The van der Waals surface area contributed by atoms with Gasteiger partial charge in [-0.2, -0.15) is 0 Å². The lowest BCUT2D eigenvalue weighted by Gasteiger charge is -2.32. The topological polar surface area (TPSA) is 23.5 Å². The molecule has 1 aromatic rings. The second kappa shape index (κ2) is 7.80. The van der Waals surface area contributed by atoms with Crippen LogP contribution in [0.15, 0.2) is 24.3 Å². The van der Waals surface area contributed by atoms with Gasteiger partial charge in [0, 0.05) is 13.1 Å². The molecule has 1 aliphatic rings. The average Bonchev–Trinajstić information content (AvgIpc) is 2.42. The lowest BCUT2D eigenvalue weighted by atomic mass is 9.85. The van der Waals surface area contributed by atoms with Crippen LogP contribution in [0, 0.1) is 5.92 Å². The normalized spacial score (nSPS) is 17.2. The van der Waals surface area contributed by atoms with Crippen LogP contribution in [0.5, 0.6) is 0 Å². The summed E-state index contributed by atoms with van der Waals surface area (Å²) in [6.07, 6.45) is 6.08. The fourth-order valence-corrected chi connectivity index (χ4v) is 2.92. The van der Waals surface area contributed by atoms with Gasteiger partial charge in [0.1, 0.15) is 0 Å². The maximum Gasteiger partial charge on any atom is 0.0916 e. The molecule has 2 heteroatoms. The summed E-state index contributed by atoms with van der Waals surface area (Å²) in [4.78, 5) is 2.40. The standard InChI is InChI=1S/C18H29NO/c1-3-6-15-9-11-17(12-10-15)18(20)14-19(4-2)13-16-7-5-8-16/h9-12,16,18,20H,3-8,13-14H2,1-2H3. The highest BCUT2D eigenvalue weighted by Crippen LogP contribution is 2.27. The van der Waals surface area contributed by atoms with Crippen molar-refractivity contribution in [3.63, 3.8) is 0 Å². The van der Waals surface area contributed by atoms with Crippen LogP contribution < -0.4 is 0 Å². The van der Waals surface area contributed by atoms with E-state index in [1.807, 2.05) is 0 Å². The predicted octanol–water partition coefficient (Wildman–Crippen LogP) is 3.79. The van der Waals surface area contributed by atoms with Crippen LogP contribution in [0.2, 0.25) is 0 Å². The molecule has 1 saturated carbocycles.